The molecule has 0 atom stereocenters. The van der Waals surface area contributed by atoms with Crippen molar-refractivity contribution in [2.75, 3.05) is 0 Å². The van der Waals surface area contributed by atoms with Gasteiger partial charge in [-0.2, -0.15) is 15.3 Å². The summed E-state index contributed by atoms with van der Waals surface area (Å²) < 4.78 is 2.88. The molecule has 3 aromatic heterocycles. The Balaban J connectivity index is 0.000000660. The summed E-state index contributed by atoms with van der Waals surface area (Å²) in [6.45, 7) is 10.2. The van der Waals surface area contributed by atoms with Crippen LogP contribution in [-0.4, -0.2) is 34.3 Å². The zero-order chi connectivity index (χ0) is 20.7. The predicted molar refractivity (Wildman–Crippen MR) is 107 cm³/mol. The van der Waals surface area contributed by atoms with Gasteiger partial charge in [-0.3, -0.25) is 9.59 Å². The van der Waals surface area contributed by atoms with Crippen molar-refractivity contribution >= 4 is 0 Å². The Kier molecular flexibility index (Phi) is 6.97. The van der Waals surface area contributed by atoms with E-state index in [1.807, 2.05) is 34.6 Å². The molecule has 0 N–H and O–H groups in total. The molecule has 0 spiro atoms. The van der Waals surface area contributed by atoms with Gasteiger partial charge in [-0.15, -0.1) is 9.90 Å². The third kappa shape index (κ3) is 4.41. The van der Waals surface area contributed by atoms with Crippen LogP contribution >= 0.6 is 0 Å². The number of hydrogen-bond donors (Lipinski definition) is 0. The van der Waals surface area contributed by atoms with Gasteiger partial charge < -0.3 is 9.13 Å². The minimum absolute atomic E-state index is 0.186. The van der Waals surface area contributed by atoms with Crippen molar-refractivity contribution in [3.8, 4) is 5.82 Å². The Labute approximate surface area is 163 Å². The van der Waals surface area contributed by atoms with Crippen molar-refractivity contribution in [2.45, 2.75) is 59.5 Å². The molecule has 1 saturated carbocycles. The van der Waals surface area contributed by atoms with Crippen molar-refractivity contribution in [3.63, 3.8) is 0 Å². The van der Waals surface area contributed by atoms with E-state index in [4.69, 9.17) is 0 Å². The highest BCUT2D eigenvalue weighted by atomic mass is 16.2. The van der Waals surface area contributed by atoms with Gasteiger partial charge in [0.25, 0.3) is 0 Å². The van der Waals surface area contributed by atoms with Crippen LogP contribution in [0.5, 0.6) is 0 Å². The second-order valence-electron chi connectivity index (χ2n) is 6.10. The fourth-order valence-corrected chi connectivity index (χ4v) is 2.53. The second-order valence-corrected chi connectivity index (χ2v) is 6.10. The van der Waals surface area contributed by atoms with Gasteiger partial charge in [0, 0.05) is 17.9 Å². The average Bonchev–Trinajstić information content (AvgIpc) is 3.25. The smallest absolute Gasteiger partial charge is 0.304 e. The lowest BCUT2D eigenvalue weighted by atomic mass is 10.3. The van der Waals surface area contributed by atoms with Crippen molar-refractivity contribution in [1.29, 1.82) is 0 Å². The summed E-state index contributed by atoms with van der Waals surface area (Å²) in [5, 5.41) is 16.0. The molecule has 0 unspecified atom stereocenters. The van der Waals surface area contributed by atoms with E-state index in [1.54, 1.807) is 36.9 Å². The minimum atomic E-state index is -0.551. The summed E-state index contributed by atoms with van der Waals surface area (Å²) in [6, 6.07) is 3.44. The first-order chi connectivity index (χ1) is 13.6. The Bertz CT molecular complexity index is 984. The number of aromatic nitrogens is 7. The molecule has 1 fully saturated rings. The lowest BCUT2D eigenvalue weighted by Crippen LogP contribution is -2.43. The second kappa shape index (κ2) is 9.20. The molecule has 4 rings (SSSR count). The van der Waals surface area contributed by atoms with Gasteiger partial charge in [-0.25, -0.2) is 0 Å². The summed E-state index contributed by atoms with van der Waals surface area (Å²) in [6.07, 6.45) is 8.23. The van der Waals surface area contributed by atoms with Crippen LogP contribution in [0.25, 0.3) is 5.82 Å². The molecule has 1 aliphatic carbocycles. The summed E-state index contributed by atoms with van der Waals surface area (Å²) in [7, 11) is 0. The summed E-state index contributed by atoms with van der Waals surface area (Å²) in [5.74, 6) is 0.480. The lowest BCUT2D eigenvalue weighted by molar-refractivity contribution is 0.495. The first-order valence-corrected chi connectivity index (χ1v) is 9.59. The lowest BCUT2D eigenvalue weighted by Gasteiger charge is -2.13. The highest BCUT2D eigenvalue weighted by Crippen LogP contribution is 2.41. The quantitative estimate of drug-likeness (QED) is 0.637. The van der Waals surface area contributed by atoms with Gasteiger partial charge in [-0.1, -0.05) is 27.7 Å². The molecule has 3 heterocycles. The third-order valence-corrected chi connectivity index (χ3v) is 4.28. The van der Waals surface area contributed by atoms with Crippen molar-refractivity contribution < 1.29 is 0 Å². The Morgan fingerprint density at radius 3 is 2.11 bits per heavy atom. The van der Waals surface area contributed by atoms with Crippen molar-refractivity contribution in [1.82, 2.24) is 34.3 Å². The Hall–Kier alpha value is -3.10. The van der Waals surface area contributed by atoms with Crippen LogP contribution in [-0.2, 0) is 12.1 Å². The molecule has 1 aliphatic rings. The van der Waals surface area contributed by atoms with E-state index in [0.29, 0.717) is 11.5 Å². The predicted octanol–water partition coefficient (Wildman–Crippen LogP) is 1.99. The average molecular weight is 385 g/mol. The van der Waals surface area contributed by atoms with Crippen LogP contribution in [0.2, 0.25) is 0 Å². The van der Waals surface area contributed by atoms with Gasteiger partial charge in [0.05, 0.1) is 24.6 Å². The first kappa shape index (κ1) is 21.2. The summed E-state index contributed by atoms with van der Waals surface area (Å²) >= 11 is 0. The molecule has 0 radical (unpaired) electrons. The number of nitrogens with zero attached hydrogens (tertiary/aromatic N) is 7. The highest BCUT2D eigenvalue weighted by molar-refractivity contribution is 5.18. The molecule has 150 valence electrons. The molecular weight excluding hydrogens is 358 g/mol. The Morgan fingerprint density at radius 2 is 1.57 bits per heavy atom. The van der Waals surface area contributed by atoms with Gasteiger partial charge in [-0.05, 0) is 31.9 Å². The minimum Gasteiger partial charge on any atom is -0.304 e. The number of hydrogen-bond acceptors (Lipinski definition) is 6. The zero-order valence-electron chi connectivity index (χ0n) is 17.0. The zero-order valence-corrected chi connectivity index (χ0v) is 17.0. The molecular formula is C19H27N7O2. The molecule has 0 saturated heterocycles. The molecule has 0 amide bonds. The van der Waals surface area contributed by atoms with E-state index < -0.39 is 11.1 Å². The SMILES string of the molecule is CC.CC.CC1(n2ccn(Cc3ccc(-n4nccn4)nn3)c(=O)c2=O)CC1. The Morgan fingerprint density at radius 1 is 0.929 bits per heavy atom. The van der Waals surface area contributed by atoms with Crippen molar-refractivity contribution in [2.24, 2.45) is 0 Å². The molecule has 0 aliphatic heterocycles. The van der Waals surface area contributed by atoms with Crippen molar-refractivity contribution in [3.05, 3.63) is 63.3 Å². The number of rotatable bonds is 4. The molecule has 0 aromatic carbocycles. The van der Waals surface area contributed by atoms with Gasteiger partial charge in [0.2, 0.25) is 0 Å². The van der Waals surface area contributed by atoms with Crippen LogP contribution in [0.3, 0.4) is 0 Å². The molecule has 28 heavy (non-hydrogen) atoms. The standard InChI is InChI=1S/C15H15N7O2.2C2H6/c1-15(4-5-15)21-9-8-20(13(23)14(21)24)10-11-2-3-12(19-18-11)22-16-6-7-17-22;2*1-2/h2-3,6-9H,4-5,10H2,1H3;2*1-2H3. The van der Waals surface area contributed by atoms with E-state index in [1.165, 1.54) is 13.9 Å². The highest BCUT2D eigenvalue weighted by Gasteiger charge is 2.40. The van der Waals surface area contributed by atoms with Gasteiger partial charge in [0.15, 0.2) is 5.82 Å². The first-order valence-electron chi connectivity index (χ1n) is 9.59. The summed E-state index contributed by atoms with van der Waals surface area (Å²) in [5.41, 5.74) is -0.677. The van der Waals surface area contributed by atoms with Gasteiger partial charge >= 0.3 is 11.1 Å². The van der Waals surface area contributed by atoms with E-state index in [0.717, 1.165) is 12.8 Å². The van der Waals surface area contributed by atoms with Gasteiger partial charge in [0.1, 0.15) is 0 Å². The van der Waals surface area contributed by atoms with Crippen LogP contribution in [0.15, 0.2) is 46.5 Å². The van der Waals surface area contributed by atoms with E-state index in [-0.39, 0.29) is 12.1 Å². The maximum atomic E-state index is 12.3. The monoisotopic (exact) mass is 385 g/mol. The molecule has 9 heteroatoms. The van der Waals surface area contributed by atoms with E-state index >= 15 is 0 Å². The molecule has 3 aromatic rings. The topological polar surface area (TPSA) is 100 Å². The van der Waals surface area contributed by atoms with Crippen LogP contribution < -0.4 is 11.1 Å². The van der Waals surface area contributed by atoms with E-state index in [9.17, 15) is 9.59 Å². The fourth-order valence-electron chi connectivity index (χ4n) is 2.53. The van der Waals surface area contributed by atoms with Crippen LogP contribution in [0, 0.1) is 0 Å². The fraction of sp³-hybridized carbons (Fsp3) is 0.474. The van der Waals surface area contributed by atoms with Crippen LogP contribution in [0.4, 0.5) is 0 Å². The van der Waals surface area contributed by atoms with Crippen LogP contribution in [0.1, 0.15) is 53.2 Å². The van der Waals surface area contributed by atoms with E-state index in [2.05, 4.69) is 20.4 Å². The normalized spacial score (nSPS) is 13.6. The maximum absolute atomic E-state index is 12.3. The third-order valence-electron chi connectivity index (χ3n) is 4.28. The molecule has 0 bridgehead atoms. The largest absolute Gasteiger partial charge is 0.316 e. The molecule has 9 nitrogen and oxygen atoms in total. The maximum Gasteiger partial charge on any atom is 0.316 e. The summed E-state index contributed by atoms with van der Waals surface area (Å²) in [4.78, 5) is 25.9.